The van der Waals surface area contributed by atoms with Gasteiger partial charge in [0, 0.05) is 21.0 Å². The van der Waals surface area contributed by atoms with E-state index in [4.69, 9.17) is 0 Å². The van der Waals surface area contributed by atoms with Crippen molar-refractivity contribution in [2.24, 2.45) is 0 Å². The van der Waals surface area contributed by atoms with Crippen LogP contribution in [0.4, 0.5) is 5.82 Å². The minimum absolute atomic E-state index is 0.384. The van der Waals surface area contributed by atoms with Crippen molar-refractivity contribution in [2.75, 3.05) is 19.0 Å². The van der Waals surface area contributed by atoms with Gasteiger partial charge in [-0.3, -0.25) is 4.63 Å². The lowest BCUT2D eigenvalue weighted by molar-refractivity contribution is -0.806. The van der Waals surface area contributed by atoms with E-state index in [1.807, 2.05) is 0 Å². The van der Waals surface area contributed by atoms with Gasteiger partial charge < -0.3 is 10.1 Å². The third kappa shape index (κ3) is 0.896. The van der Waals surface area contributed by atoms with Crippen LogP contribution in [0.2, 0.25) is 0 Å². The molecule has 0 fully saturated rings. The number of rotatable bonds is 1. The van der Waals surface area contributed by atoms with E-state index in [2.05, 4.69) is 9.79 Å². The molecule has 0 saturated carbocycles. The van der Waals surface area contributed by atoms with Crippen molar-refractivity contribution < 1.29 is 9.53 Å². The van der Waals surface area contributed by atoms with Gasteiger partial charge in [0.15, 0.2) is 0 Å². The van der Waals surface area contributed by atoms with E-state index >= 15 is 0 Å². The maximum atomic E-state index is 10.6. The first-order valence-electron chi connectivity index (χ1n) is 2.86. The molecule has 0 saturated heterocycles. The van der Waals surface area contributed by atoms with Crippen molar-refractivity contribution in [3.05, 3.63) is 10.9 Å². The molecule has 1 aromatic rings. The third-order valence-electron chi connectivity index (χ3n) is 1.22. The quantitative estimate of drug-likeness (QED) is 0.506. The highest BCUT2D eigenvalue weighted by Crippen LogP contribution is 2.07. The lowest BCUT2D eigenvalue weighted by Crippen LogP contribution is -2.26. The Morgan fingerprint density at radius 3 is 2.40 bits per heavy atom. The molecule has 0 radical (unpaired) electrons. The van der Waals surface area contributed by atoms with Crippen LogP contribution in [0.15, 0.2) is 4.63 Å². The molecule has 0 amide bonds. The second kappa shape index (κ2) is 2.17. The Balaban J connectivity index is 3.05. The first-order chi connectivity index (χ1) is 4.63. The SMILES string of the molecule is Cc1c(N(C)C)no[n+]1[O-]. The molecule has 0 aliphatic heterocycles. The standard InChI is InChI=1S/C5H9N3O2/c1-4-5(7(2)3)6-10-8(4)9/h1-3H3. The molecule has 1 aromatic heterocycles. The average Bonchev–Trinajstić information content (AvgIpc) is 2.14. The summed E-state index contributed by atoms with van der Waals surface area (Å²) >= 11 is 0. The highest BCUT2D eigenvalue weighted by molar-refractivity contribution is 5.36. The van der Waals surface area contributed by atoms with Crippen LogP contribution in [0.1, 0.15) is 5.69 Å². The molecule has 0 N–H and O–H groups in total. The fourth-order valence-corrected chi connectivity index (χ4v) is 0.690. The minimum atomic E-state index is 0.384. The van der Waals surface area contributed by atoms with Gasteiger partial charge in [-0.1, -0.05) is 0 Å². The summed E-state index contributed by atoms with van der Waals surface area (Å²) in [6.07, 6.45) is 0. The topological polar surface area (TPSA) is 56.2 Å². The summed E-state index contributed by atoms with van der Waals surface area (Å²) in [6.45, 7) is 1.65. The molecule has 0 atom stereocenters. The van der Waals surface area contributed by atoms with Crippen LogP contribution in [-0.2, 0) is 0 Å². The molecule has 0 aliphatic carbocycles. The number of hydrogen-bond donors (Lipinski definition) is 0. The van der Waals surface area contributed by atoms with E-state index in [1.165, 1.54) is 0 Å². The molecule has 5 heteroatoms. The fourth-order valence-electron chi connectivity index (χ4n) is 0.690. The third-order valence-corrected chi connectivity index (χ3v) is 1.22. The van der Waals surface area contributed by atoms with E-state index in [0.29, 0.717) is 16.4 Å². The Morgan fingerprint density at radius 1 is 1.60 bits per heavy atom. The van der Waals surface area contributed by atoms with E-state index in [-0.39, 0.29) is 0 Å². The van der Waals surface area contributed by atoms with E-state index in [0.717, 1.165) is 0 Å². The molecule has 5 nitrogen and oxygen atoms in total. The molecule has 0 unspecified atom stereocenters. The van der Waals surface area contributed by atoms with Gasteiger partial charge in [-0.25, -0.2) is 0 Å². The van der Waals surface area contributed by atoms with Crippen molar-refractivity contribution in [1.82, 2.24) is 5.16 Å². The highest BCUT2D eigenvalue weighted by Gasteiger charge is 2.14. The van der Waals surface area contributed by atoms with Gasteiger partial charge in [0.05, 0.1) is 5.16 Å². The van der Waals surface area contributed by atoms with Crippen LogP contribution in [0.3, 0.4) is 0 Å². The second-order valence-electron chi connectivity index (χ2n) is 2.23. The van der Waals surface area contributed by atoms with Gasteiger partial charge in [0.25, 0.3) is 0 Å². The van der Waals surface area contributed by atoms with E-state index < -0.39 is 0 Å². The van der Waals surface area contributed by atoms with Crippen LogP contribution >= 0.6 is 0 Å². The van der Waals surface area contributed by atoms with Crippen molar-refractivity contribution in [3.8, 4) is 0 Å². The zero-order valence-electron chi connectivity index (χ0n) is 6.16. The summed E-state index contributed by atoms with van der Waals surface area (Å²) in [6, 6.07) is 0. The molecule has 0 aliphatic rings. The van der Waals surface area contributed by atoms with Gasteiger partial charge in [0.2, 0.25) is 5.69 Å². The molecule has 0 spiro atoms. The molecule has 56 valence electrons. The van der Waals surface area contributed by atoms with Crippen LogP contribution in [0.25, 0.3) is 0 Å². The van der Waals surface area contributed by atoms with Crippen LogP contribution < -0.4 is 9.80 Å². The van der Waals surface area contributed by atoms with E-state index in [9.17, 15) is 5.21 Å². The Kier molecular flexibility index (Phi) is 1.48. The lowest BCUT2D eigenvalue weighted by Gasteiger charge is -2.01. The normalized spacial score (nSPS) is 9.90. The number of nitrogens with zero attached hydrogens (tertiary/aromatic N) is 3. The van der Waals surface area contributed by atoms with Gasteiger partial charge >= 0.3 is 5.82 Å². The maximum Gasteiger partial charge on any atom is 0.312 e. The fraction of sp³-hybridized carbons (Fsp3) is 0.600. The summed E-state index contributed by atoms with van der Waals surface area (Å²) < 4.78 is 4.33. The Labute approximate surface area is 58.4 Å². The monoisotopic (exact) mass is 143 g/mol. The van der Waals surface area contributed by atoms with Gasteiger partial charge in [0.1, 0.15) is 0 Å². The van der Waals surface area contributed by atoms with E-state index in [1.54, 1.807) is 25.9 Å². The zero-order valence-corrected chi connectivity index (χ0v) is 6.16. The van der Waals surface area contributed by atoms with Crippen molar-refractivity contribution >= 4 is 5.82 Å². The largest absolute Gasteiger partial charge is 0.359 e. The Hall–Kier alpha value is -1.26. The summed E-state index contributed by atoms with van der Waals surface area (Å²) in [4.78, 5) is 2.10. The predicted octanol–water partition coefficient (Wildman–Crippen LogP) is -0.318. The Morgan fingerprint density at radius 2 is 2.20 bits per heavy atom. The van der Waals surface area contributed by atoms with Crippen molar-refractivity contribution in [2.45, 2.75) is 6.92 Å². The summed E-state index contributed by atoms with van der Waals surface area (Å²) in [5, 5.41) is 14.1. The summed E-state index contributed by atoms with van der Waals surface area (Å²) in [5.41, 5.74) is 0.477. The molecule has 0 aromatic carbocycles. The molecular weight excluding hydrogens is 134 g/mol. The van der Waals surface area contributed by atoms with Crippen LogP contribution in [-0.4, -0.2) is 19.3 Å². The number of anilines is 1. The second-order valence-corrected chi connectivity index (χ2v) is 2.23. The molecule has 1 heterocycles. The minimum Gasteiger partial charge on any atom is -0.359 e. The molecule has 1 rings (SSSR count). The van der Waals surface area contributed by atoms with Crippen molar-refractivity contribution in [1.29, 1.82) is 0 Å². The molecule has 0 bridgehead atoms. The molecular formula is C5H9N3O2. The summed E-state index contributed by atoms with van der Waals surface area (Å²) in [7, 11) is 3.59. The number of hydrogen-bond acceptors (Lipinski definition) is 4. The van der Waals surface area contributed by atoms with Crippen molar-refractivity contribution in [3.63, 3.8) is 0 Å². The first-order valence-corrected chi connectivity index (χ1v) is 2.86. The predicted molar refractivity (Wildman–Crippen MR) is 34.5 cm³/mol. The zero-order chi connectivity index (χ0) is 7.72. The lowest BCUT2D eigenvalue weighted by atomic mass is 10.5. The first kappa shape index (κ1) is 6.85. The van der Waals surface area contributed by atoms with Gasteiger partial charge in [-0.2, -0.15) is 0 Å². The summed E-state index contributed by atoms with van der Waals surface area (Å²) in [5.74, 6) is 0.565. The Bertz CT molecular complexity index is 231. The average molecular weight is 143 g/mol. The highest BCUT2D eigenvalue weighted by atomic mass is 16.8. The van der Waals surface area contributed by atoms with Crippen LogP contribution in [0.5, 0.6) is 0 Å². The molecule has 10 heavy (non-hydrogen) atoms. The van der Waals surface area contributed by atoms with Crippen LogP contribution in [0, 0.1) is 12.1 Å². The van der Waals surface area contributed by atoms with Gasteiger partial charge in [-0.05, 0) is 4.90 Å². The maximum absolute atomic E-state index is 10.6. The smallest absolute Gasteiger partial charge is 0.312 e. The number of aromatic nitrogens is 2. The van der Waals surface area contributed by atoms with Gasteiger partial charge in [-0.15, -0.1) is 0 Å².